The fourth-order valence-electron chi connectivity index (χ4n) is 3.44. The van der Waals surface area contributed by atoms with E-state index >= 15 is 0 Å². The third-order valence-corrected chi connectivity index (χ3v) is 4.90. The van der Waals surface area contributed by atoms with E-state index in [2.05, 4.69) is 14.8 Å². The van der Waals surface area contributed by atoms with E-state index in [1.807, 2.05) is 0 Å². The van der Waals surface area contributed by atoms with Gasteiger partial charge >= 0.3 is 6.61 Å². The first-order valence-corrected chi connectivity index (χ1v) is 9.99. The number of hydrogen-bond acceptors (Lipinski definition) is 7. The summed E-state index contributed by atoms with van der Waals surface area (Å²) < 4.78 is 41.0. The minimum Gasteiger partial charge on any atom is -0.487 e. The Labute approximate surface area is 169 Å². The molecule has 0 aromatic heterocycles. The molecule has 1 aliphatic carbocycles. The zero-order valence-electron chi connectivity index (χ0n) is 16.3. The van der Waals surface area contributed by atoms with Crippen molar-refractivity contribution in [1.82, 2.24) is 4.90 Å². The van der Waals surface area contributed by atoms with Gasteiger partial charge in [0.2, 0.25) is 0 Å². The first-order chi connectivity index (χ1) is 14.1. The molecule has 1 saturated heterocycles. The number of hydrogen-bond donors (Lipinski definition) is 1. The Morgan fingerprint density at radius 3 is 2.69 bits per heavy atom. The lowest BCUT2D eigenvalue weighted by Crippen LogP contribution is -2.42. The summed E-state index contributed by atoms with van der Waals surface area (Å²) in [5.41, 5.74) is 0.627. The summed E-state index contributed by atoms with van der Waals surface area (Å²) in [6.07, 6.45) is 4.74. The molecule has 1 unspecified atom stereocenters. The van der Waals surface area contributed by atoms with E-state index in [4.69, 9.17) is 14.3 Å². The Morgan fingerprint density at radius 2 is 1.97 bits per heavy atom. The number of halogens is 2. The maximum atomic E-state index is 12.6. The van der Waals surface area contributed by atoms with E-state index in [1.165, 1.54) is 12.3 Å². The van der Waals surface area contributed by atoms with Gasteiger partial charge in [-0.15, -0.1) is 0 Å². The van der Waals surface area contributed by atoms with Crippen LogP contribution >= 0.6 is 0 Å². The molecule has 0 radical (unpaired) electrons. The van der Waals surface area contributed by atoms with Gasteiger partial charge < -0.3 is 24.2 Å². The topological polar surface area (TPSA) is 72.8 Å². The number of morpholine rings is 1. The van der Waals surface area contributed by atoms with Gasteiger partial charge in [0.1, 0.15) is 12.7 Å². The number of β-amino-alcohol motifs (C(OH)–C–C–N with tert-alkyl or cyclic N) is 1. The summed E-state index contributed by atoms with van der Waals surface area (Å²) in [4.78, 5) is 7.29. The van der Waals surface area contributed by atoms with Crippen molar-refractivity contribution in [3.63, 3.8) is 0 Å². The second-order valence-electron chi connectivity index (χ2n) is 7.21. The lowest BCUT2D eigenvalue weighted by molar-refractivity contribution is -0.0520. The Kier molecular flexibility index (Phi) is 8.45. The number of alkyl halides is 2. The average Bonchev–Trinajstić information content (AvgIpc) is 3.21. The van der Waals surface area contributed by atoms with Crippen LogP contribution in [0, 0.1) is 0 Å². The van der Waals surface area contributed by atoms with Gasteiger partial charge in [-0.1, -0.05) is 5.16 Å². The molecule has 9 heteroatoms. The minimum absolute atomic E-state index is 0.00546. The van der Waals surface area contributed by atoms with E-state index in [0.29, 0.717) is 25.3 Å². The summed E-state index contributed by atoms with van der Waals surface area (Å²) in [6.45, 7) is 0.555. The lowest BCUT2D eigenvalue weighted by atomic mass is 10.2. The maximum absolute atomic E-state index is 12.6. The highest BCUT2D eigenvalue weighted by Gasteiger charge is 2.20. The van der Waals surface area contributed by atoms with Crippen LogP contribution in [-0.2, 0) is 9.57 Å². The van der Waals surface area contributed by atoms with E-state index in [0.717, 1.165) is 38.8 Å². The van der Waals surface area contributed by atoms with Crippen molar-refractivity contribution in [3.05, 3.63) is 23.8 Å². The van der Waals surface area contributed by atoms with Crippen LogP contribution in [0.5, 0.6) is 11.5 Å². The Bertz CT molecular complexity index is 650. The van der Waals surface area contributed by atoms with Crippen molar-refractivity contribution in [2.24, 2.45) is 5.16 Å². The molecular weight excluding hydrogens is 386 g/mol. The number of rotatable bonds is 10. The molecule has 7 nitrogen and oxygen atoms in total. The first kappa shape index (κ1) is 21.7. The third-order valence-electron chi connectivity index (χ3n) is 4.90. The molecule has 1 saturated carbocycles. The van der Waals surface area contributed by atoms with Crippen LogP contribution in [0.25, 0.3) is 0 Å². The summed E-state index contributed by atoms with van der Waals surface area (Å²) in [6, 6.07) is 4.63. The van der Waals surface area contributed by atoms with Gasteiger partial charge in [0.25, 0.3) is 0 Å². The summed E-state index contributed by atoms with van der Waals surface area (Å²) >= 11 is 0. The molecule has 1 heterocycles. The molecule has 3 rings (SSSR count). The Balaban J connectivity index is 1.51. The van der Waals surface area contributed by atoms with Crippen LogP contribution in [0.15, 0.2) is 23.4 Å². The van der Waals surface area contributed by atoms with E-state index in [1.54, 1.807) is 12.1 Å². The number of oxime groups is 1. The Hall–Kier alpha value is -1.97. The molecule has 2 fully saturated rings. The van der Waals surface area contributed by atoms with Crippen LogP contribution < -0.4 is 9.47 Å². The number of ether oxygens (including phenoxy) is 3. The highest BCUT2D eigenvalue weighted by molar-refractivity contribution is 5.80. The van der Waals surface area contributed by atoms with Gasteiger partial charge in [-0.05, 0) is 43.9 Å². The normalized spacial score (nSPS) is 19.7. The first-order valence-electron chi connectivity index (χ1n) is 9.99. The SMILES string of the molecule is OC(CO/N=C/c1ccc(OC(F)F)c(OC2CCCC2)c1)CN1CCOCC1. The molecular formula is C20H28F2N2O5. The highest BCUT2D eigenvalue weighted by Crippen LogP contribution is 2.33. The van der Waals surface area contributed by atoms with Crippen molar-refractivity contribution in [3.8, 4) is 11.5 Å². The average molecular weight is 414 g/mol. The van der Waals surface area contributed by atoms with Crippen LogP contribution in [0.2, 0.25) is 0 Å². The predicted molar refractivity (Wildman–Crippen MR) is 103 cm³/mol. The van der Waals surface area contributed by atoms with E-state index in [9.17, 15) is 13.9 Å². The van der Waals surface area contributed by atoms with Gasteiger partial charge in [-0.2, -0.15) is 8.78 Å². The predicted octanol–water partition coefficient (Wildman–Crippen LogP) is 2.65. The fourth-order valence-corrected chi connectivity index (χ4v) is 3.44. The zero-order valence-corrected chi connectivity index (χ0v) is 16.3. The molecule has 1 atom stereocenters. The molecule has 1 N–H and O–H groups in total. The standard InChI is InChI=1S/C20H28F2N2O5/c21-20(22)29-18-6-5-15(11-19(18)28-17-3-1-2-4-17)12-23-27-14-16(25)13-24-7-9-26-10-8-24/h5-6,11-12,16-17,20,25H,1-4,7-10,13-14H2/b23-12+. The second-order valence-corrected chi connectivity index (χ2v) is 7.21. The minimum atomic E-state index is -2.92. The Morgan fingerprint density at radius 1 is 1.21 bits per heavy atom. The largest absolute Gasteiger partial charge is 0.487 e. The number of nitrogens with zero attached hydrogens (tertiary/aromatic N) is 2. The number of benzene rings is 1. The van der Waals surface area contributed by atoms with Gasteiger partial charge in [0.05, 0.1) is 25.5 Å². The molecule has 0 spiro atoms. The van der Waals surface area contributed by atoms with Crippen LogP contribution in [-0.4, -0.2) is 74.5 Å². The van der Waals surface area contributed by atoms with Crippen LogP contribution in [0.1, 0.15) is 31.2 Å². The fraction of sp³-hybridized carbons (Fsp3) is 0.650. The molecule has 1 aromatic rings. The molecule has 0 amide bonds. The van der Waals surface area contributed by atoms with Crippen LogP contribution in [0.4, 0.5) is 8.78 Å². The molecule has 1 aliphatic heterocycles. The highest BCUT2D eigenvalue weighted by atomic mass is 19.3. The van der Waals surface area contributed by atoms with Crippen molar-refractivity contribution >= 4 is 6.21 Å². The van der Waals surface area contributed by atoms with E-state index < -0.39 is 12.7 Å². The van der Waals surface area contributed by atoms with Gasteiger partial charge in [-0.3, -0.25) is 4.90 Å². The monoisotopic (exact) mass is 414 g/mol. The molecule has 162 valence electrons. The van der Waals surface area contributed by atoms with Crippen LogP contribution in [0.3, 0.4) is 0 Å². The summed E-state index contributed by atoms with van der Waals surface area (Å²) in [5.74, 6) is 0.277. The number of aliphatic hydroxyl groups excluding tert-OH is 1. The van der Waals surface area contributed by atoms with Crippen molar-refractivity contribution in [1.29, 1.82) is 0 Å². The number of aliphatic hydroxyl groups is 1. The van der Waals surface area contributed by atoms with E-state index in [-0.39, 0.29) is 24.2 Å². The molecule has 0 bridgehead atoms. The molecule has 1 aromatic carbocycles. The second kappa shape index (κ2) is 11.3. The lowest BCUT2D eigenvalue weighted by Gasteiger charge is -2.28. The zero-order chi connectivity index (χ0) is 20.5. The molecule has 2 aliphatic rings. The van der Waals surface area contributed by atoms with Crippen molar-refractivity contribution < 1.29 is 32.9 Å². The summed E-state index contributed by atoms with van der Waals surface area (Å²) in [5, 5.41) is 13.9. The van der Waals surface area contributed by atoms with Gasteiger partial charge in [0, 0.05) is 25.2 Å². The quantitative estimate of drug-likeness (QED) is 0.469. The van der Waals surface area contributed by atoms with Gasteiger partial charge in [0.15, 0.2) is 11.5 Å². The van der Waals surface area contributed by atoms with Crippen molar-refractivity contribution in [2.75, 3.05) is 39.5 Å². The van der Waals surface area contributed by atoms with Crippen molar-refractivity contribution in [2.45, 2.75) is 44.5 Å². The third kappa shape index (κ3) is 7.41. The van der Waals surface area contributed by atoms with Gasteiger partial charge in [-0.25, -0.2) is 0 Å². The smallest absolute Gasteiger partial charge is 0.387 e. The summed E-state index contributed by atoms with van der Waals surface area (Å²) in [7, 11) is 0. The maximum Gasteiger partial charge on any atom is 0.387 e. The molecule has 29 heavy (non-hydrogen) atoms.